The van der Waals surface area contributed by atoms with E-state index in [4.69, 9.17) is 9.47 Å². The van der Waals surface area contributed by atoms with Crippen molar-refractivity contribution in [1.82, 2.24) is 9.78 Å². The quantitative estimate of drug-likeness (QED) is 0.385. The highest BCUT2D eigenvalue weighted by Crippen LogP contribution is 2.68. The van der Waals surface area contributed by atoms with Crippen molar-refractivity contribution in [1.29, 1.82) is 0 Å². The summed E-state index contributed by atoms with van der Waals surface area (Å²) in [4.78, 5) is 25.8. The van der Waals surface area contributed by atoms with Crippen molar-refractivity contribution in [2.24, 2.45) is 28.6 Å². The number of ether oxygens (including phenoxy) is 2. The van der Waals surface area contributed by atoms with E-state index in [0.717, 1.165) is 42.6 Å². The lowest BCUT2D eigenvalue weighted by molar-refractivity contribution is -0.212. The molecule has 7 atom stereocenters. The van der Waals surface area contributed by atoms with Crippen LogP contribution in [-0.2, 0) is 25.5 Å². The summed E-state index contributed by atoms with van der Waals surface area (Å²) in [6.07, 6.45) is 9.34. The topological polar surface area (TPSA) is 90.7 Å². The Morgan fingerprint density at radius 3 is 2.67 bits per heavy atom. The average molecular weight is 569 g/mol. The molecule has 1 aromatic carbocycles. The summed E-state index contributed by atoms with van der Waals surface area (Å²) in [5, 5.41) is 16.6. The van der Waals surface area contributed by atoms with Gasteiger partial charge < -0.3 is 14.6 Å². The Balaban J connectivity index is 1.35. The van der Waals surface area contributed by atoms with Gasteiger partial charge in [-0.15, -0.1) is 11.8 Å². The molecule has 0 bridgehead atoms. The summed E-state index contributed by atoms with van der Waals surface area (Å²) < 4.78 is 26.9. The lowest BCUT2D eigenvalue weighted by Crippen LogP contribution is -2.63. The van der Waals surface area contributed by atoms with Crippen LogP contribution in [0.4, 0.5) is 4.39 Å². The Morgan fingerprint density at radius 1 is 1.23 bits per heavy atom. The number of hydrogen-bond acceptors (Lipinski definition) is 7. The normalized spacial score (nSPS) is 36.0. The fourth-order valence-electron chi connectivity index (χ4n) is 8.98. The van der Waals surface area contributed by atoms with E-state index in [2.05, 4.69) is 18.1 Å². The van der Waals surface area contributed by atoms with Gasteiger partial charge in [-0.3, -0.25) is 4.79 Å². The molecule has 3 saturated carbocycles. The van der Waals surface area contributed by atoms with Gasteiger partial charge in [-0.25, -0.2) is 13.9 Å². The van der Waals surface area contributed by atoms with E-state index in [0.29, 0.717) is 12.8 Å². The molecule has 0 amide bonds. The van der Waals surface area contributed by atoms with Crippen LogP contribution in [0.5, 0.6) is 0 Å². The summed E-state index contributed by atoms with van der Waals surface area (Å²) in [7, 11) is 0. The molecule has 3 fully saturated rings. The molecule has 6 rings (SSSR count). The molecule has 1 aromatic heterocycles. The number of carbonyl (C=O) groups is 2. The predicted molar refractivity (Wildman–Crippen MR) is 150 cm³/mol. The van der Waals surface area contributed by atoms with Crippen LogP contribution in [0.15, 0.2) is 36.0 Å². The number of thioether (sulfide) groups is 1. The van der Waals surface area contributed by atoms with Gasteiger partial charge in [0.25, 0.3) is 0 Å². The molecule has 0 aliphatic heterocycles. The summed E-state index contributed by atoms with van der Waals surface area (Å²) in [5.74, 6) is -0.793. The fraction of sp³-hybridized carbons (Fsp3) is 0.581. The van der Waals surface area contributed by atoms with Crippen molar-refractivity contribution in [2.45, 2.75) is 71.0 Å². The van der Waals surface area contributed by atoms with Gasteiger partial charge in [0.15, 0.2) is 0 Å². The number of aromatic nitrogens is 2. The van der Waals surface area contributed by atoms with Crippen LogP contribution in [0.2, 0.25) is 0 Å². The van der Waals surface area contributed by atoms with Crippen molar-refractivity contribution >= 4 is 29.8 Å². The highest BCUT2D eigenvalue weighted by Gasteiger charge is 2.71. The van der Waals surface area contributed by atoms with Gasteiger partial charge in [0, 0.05) is 12.3 Å². The molecule has 0 saturated heterocycles. The van der Waals surface area contributed by atoms with E-state index in [1.807, 2.05) is 24.1 Å². The SMILES string of the molecule is CSCOC(=O)[C@@]1(OC(C)=O)CC[C@H]2[C@@H]3CCC4=Cc5c(cnn5-c5ccc(F)cc5)C[C@]4(C)[C@H]3[C@@H](O)C[C@@]21C. The molecule has 0 radical (unpaired) electrons. The second-order valence-electron chi connectivity index (χ2n) is 12.5. The van der Waals surface area contributed by atoms with Crippen LogP contribution in [0.3, 0.4) is 0 Å². The van der Waals surface area contributed by atoms with Gasteiger partial charge in [0.1, 0.15) is 11.8 Å². The number of allylic oxidation sites excluding steroid dienone is 1. The molecule has 0 unspecified atom stereocenters. The number of benzene rings is 1. The van der Waals surface area contributed by atoms with Crippen LogP contribution in [-0.4, -0.2) is 50.7 Å². The average Bonchev–Trinajstić information content (AvgIpc) is 3.43. The maximum absolute atomic E-state index is 13.5. The molecule has 9 heteroatoms. The highest BCUT2D eigenvalue weighted by molar-refractivity contribution is 7.98. The van der Waals surface area contributed by atoms with Gasteiger partial charge >= 0.3 is 11.9 Å². The molecule has 40 heavy (non-hydrogen) atoms. The molecule has 0 spiro atoms. The van der Waals surface area contributed by atoms with Gasteiger partial charge in [-0.05, 0) is 104 Å². The van der Waals surface area contributed by atoms with Gasteiger partial charge in [0.05, 0.1) is 23.7 Å². The monoisotopic (exact) mass is 568 g/mol. The largest absolute Gasteiger partial charge is 0.452 e. The zero-order valence-corrected chi connectivity index (χ0v) is 24.3. The number of fused-ring (bicyclic) bond motifs is 6. The molecule has 4 aliphatic carbocycles. The number of halogens is 1. The van der Waals surface area contributed by atoms with E-state index in [1.54, 1.807) is 12.1 Å². The van der Waals surface area contributed by atoms with Crippen LogP contribution < -0.4 is 0 Å². The molecule has 1 heterocycles. The smallest absolute Gasteiger partial charge is 0.352 e. The maximum Gasteiger partial charge on any atom is 0.352 e. The minimum atomic E-state index is -1.39. The summed E-state index contributed by atoms with van der Waals surface area (Å²) >= 11 is 1.40. The molecular weight excluding hydrogens is 531 g/mol. The second kappa shape index (κ2) is 9.72. The Kier molecular flexibility index (Phi) is 6.69. The van der Waals surface area contributed by atoms with Crippen LogP contribution in [0, 0.1) is 34.4 Å². The minimum absolute atomic E-state index is 0.00300. The van der Waals surface area contributed by atoms with Crippen molar-refractivity contribution < 1.29 is 28.6 Å². The van der Waals surface area contributed by atoms with E-state index < -0.39 is 29.1 Å². The minimum Gasteiger partial charge on any atom is -0.452 e. The first-order chi connectivity index (χ1) is 19.0. The molecule has 214 valence electrons. The number of esters is 2. The van der Waals surface area contributed by atoms with E-state index in [-0.39, 0.29) is 34.9 Å². The number of carbonyl (C=O) groups excluding carboxylic acids is 2. The van der Waals surface area contributed by atoms with Crippen LogP contribution in [0.25, 0.3) is 11.8 Å². The third-order valence-corrected chi connectivity index (χ3v) is 10.9. The Labute approximate surface area is 238 Å². The zero-order chi connectivity index (χ0) is 28.4. The first-order valence-electron chi connectivity index (χ1n) is 14.1. The second-order valence-corrected chi connectivity index (χ2v) is 13.3. The molecule has 2 aromatic rings. The number of aliphatic hydroxyl groups is 1. The maximum atomic E-state index is 13.5. The highest BCUT2D eigenvalue weighted by atomic mass is 32.2. The van der Waals surface area contributed by atoms with E-state index in [1.165, 1.54) is 36.4 Å². The van der Waals surface area contributed by atoms with Crippen molar-refractivity contribution in [2.75, 3.05) is 12.2 Å². The van der Waals surface area contributed by atoms with Crippen molar-refractivity contribution in [3.05, 3.63) is 53.1 Å². The first-order valence-corrected chi connectivity index (χ1v) is 15.5. The Bertz CT molecular complexity index is 1370. The summed E-state index contributed by atoms with van der Waals surface area (Å²) in [5.41, 5.74) is 1.86. The summed E-state index contributed by atoms with van der Waals surface area (Å²) in [6.45, 7) is 5.63. The first kappa shape index (κ1) is 27.5. The Morgan fingerprint density at radius 2 is 1.98 bits per heavy atom. The van der Waals surface area contributed by atoms with Crippen LogP contribution in [0.1, 0.15) is 64.1 Å². The molecule has 7 nitrogen and oxygen atoms in total. The molecule has 1 N–H and O–H groups in total. The lowest BCUT2D eigenvalue weighted by Gasteiger charge is -2.60. The molecular formula is C31H37FN2O5S. The zero-order valence-electron chi connectivity index (χ0n) is 23.5. The standard InChI is InChI=1S/C31H37FN2O5S/c1-18(35)39-31(28(37)38-17-40-4)12-11-24-23-10-5-20-13-25-19(16-33-34(25)22-8-6-21(32)7-9-22)14-29(20,2)27(23)26(36)15-30(24,31)3/h6-9,13,16,23-24,26-27,36H,5,10-12,14-15,17H2,1-4H3/t23-,24-,26-,27+,29-,30-,31-/m0/s1. The fourth-order valence-corrected chi connectivity index (χ4v) is 9.20. The van der Waals surface area contributed by atoms with Gasteiger partial charge in [-0.2, -0.15) is 5.10 Å². The molecule has 4 aliphatic rings. The van der Waals surface area contributed by atoms with Gasteiger partial charge in [-0.1, -0.05) is 19.4 Å². The predicted octanol–water partition coefficient (Wildman–Crippen LogP) is 5.33. The number of aliphatic hydroxyl groups excluding tert-OH is 1. The van der Waals surface area contributed by atoms with Gasteiger partial charge in [0.2, 0.25) is 5.60 Å². The summed E-state index contributed by atoms with van der Waals surface area (Å²) in [6, 6.07) is 6.35. The van der Waals surface area contributed by atoms with Crippen molar-refractivity contribution in [3.63, 3.8) is 0 Å². The van der Waals surface area contributed by atoms with E-state index in [9.17, 15) is 19.1 Å². The number of nitrogens with zero attached hydrogens (tertiary/aromatic N) is 2. The number of hydrogen-bond donors (Lipinski definition) is 1. The van der Waals surface area contributed by atoms with Crippen LogP contribution >= 0.6 is 11.8 Å². The third kappa shape index (κ3) is 3.91. The Hall–Kier alpha value is -2.65. The third-order valence-electron chi connectivity index (χ3n) is 10.6. The van der Waals surface area contributed by atoms with E-state index >= 15 is 0 Å². The van der Waals surface area contributed by atoms with Crippen molar-refractivity contribution in [3.8, 4) is 5.69 Å². The number of rotatable bonds is 5. The lowest BCUT2D eigenvalue weighted by atomic mass is 9.45.